The van der Waals surface area contributed by atoms with E-state index in [1.54, 1.807) is 12.1 Å². The van der Waals surface area contributed by atoms with Crippen molar-refractivity contribution in [2.75, 3.05) is 31.1 Å². The molecular weight excluding hydrogens is 536 g/mol. The van der Waals surface area contributed by atoms with Crippen molar-refractivity contribution in [1.82, 2.24) is 10.6 Å². The zero-order chi connectivity index (χ0) is 22.9. The largest absolute Gasteiger partial charge is 0.484 e. The molecule has 2 aromatic carbocycles. The summed E-state index contributed by atoms with van der Waals surface area (Å²) in [7, 11) is 0. The Kier molecular flexibility index (Phi) is 10.7. The molecule has 1 amide bonds. The van der Waals surface area contributed by atoms with E-state index in [1.165, 1.54) is 6.07 Å². The standard InChI is InChI=1S/C24H32FN5O2.HI/c1-3-27-24(28-14-18-6-4-8-20(13-18)32-16-23(26)31)29-19-7-5-11-30(15-19)22-12-17(2)9-10-21(22)25;/h4,6,8-10,12-13,19H,3,5,7,11,14-16H2,1-2H3,(H2,26,31)(H2,27,28,29);1H. The number of guanidine groups is 1. The zero-order valence-electron chi connectivity index (χ0n) is 19.1. The van der Waals surface area contributed by atoms with E-state index < -0.39 is 5.91 Å². The number of ether oxygens (including phenoxy) is 1. The molecule has 0 spiro atoms. The van der Waals surface area contributed by atoms with Gasteiger partial charge in [0.1, 0.15) is 11.6 Å². The number of aryl methyl sites for hydroxylation is 1. The summed E-state index contributed by atoms with van der Waals surface area (Å²) in [6.45, 7) is 6.57. The van der Waals surface area contributed by atoms with E-state index in [9.17, 15) is 9.18 Å². The monoisotopic (exact) mass is 569 g/mol. The molecule has 7 nitrogen and oxygen atoms in total. The Bertz CT molecular complexity index is 956. The summed E-state index contributed by atoms with van der Waals surface area (Å²) in [6.07, 6.45) is 1.97. The molecule has 9 heteroatoms. The van der Waals surface area contributed by atoms with Gasteiger partial charge in [-0.2, -0.15) is 0 Å². The number of amides is 1. The van der Waals surface area contributed by atoms with Crippen molar-refractivity contribution in [3.63, 3.8) is 0 Å². The minimum absolute atomic E-state index is 0. The molecule has 1 unspecified atom stereocenters. The average molecular weight is 569 g/mol. The van der Waals surface area contributed by atoms with Crippen molar-refractivity contribution < 1.29 is 13.9 Å². The number of piperidine rings is 1. The lowest BCUT2D eigenvalue weighted by Crippen LogP contribution is -2.51. The van der Waals surface area contributed by atoms with Crippen LogP contribution in [0.5, 0.6) is 5.75 Å². The van der Waals surface area contributed by atoms with E-state index in [0.717, 1.165) is 37.1 Å². The number of nitrogens with zero attached hydrogens (tertiary/aromatic N) is 2. The Morgan fingerprint density at radius 3 is 2.88 bits per heavy atom. The van der Waals surface area contributed by atoms with Crippen LogP contribution < -0.4 is 26.0 Å². The smallest absolute Gasteiger partial charge is 0.255 e. The van der Waals surface area contributed by atoms with Crippen LogP contribution in [0.2, 0.25) is 0 Å². The fraction of sp³-hybridized carbons (Fsp3) is 0.417. The number of hydrogen-bond donors (Lipinski definition) is 3. The molecule has 1 atom stereocenters. The minimum Gasteiger partial charge on any atom is -0.484 e. The fourth-order valence-electron chi connectivity index (χ4n) is 3.75. The summed E-state index contributed by atoms with van der Waals surface area (Å²) < 4.78 is 19.7. The topological polar surface area (TPSA) is 92.0 Å². The van der Waals surface area contributed by atoms with Crippen LogP contribution in [0.4, 0.5) is 10.1 Å². The van der Waals surface area contributed by atoms with Gasteiger partial charge in [-0.3, -0.25) is 4.79 Å². The van der Waals surface area contributed by atoms with E-state index in [4.69, 9.17) is 15.5 Å². The molecule has 180 valence electrons. The number of carbonyl (C=O) groups excluding carboxylic acids is 1. The first-order valence-corrected chi connectivity index (χ1v) is 11.0. The van der Waals surface area contributed by atoms with Gasteiger partial charge in [-0.25, -0.2) is 9.38 Å². The third kappa shape index (κ3) is 8.38. The molecular formula is C24H33FIN5O2. The van der Waals surface area contributed by atoms with Crippen molar-refractivity contribution in [2.24, 2.45) is 10.7 Å². The molecule has 1 aliphatic rings. The van der Waals surface area contributed by atoms with Gasteiger partial charge in [-0.1, -0.05) is 18.2 Å². The summed E-state index contributed by atoms with van der Waals surface area (Å²) >= 11 is 0. The highest BCUT2D eigenvalue weighted by Gasteiger charge is 2.23. The molecule has 0 aromatic heterocycles. The van der Waals surface area contributed by atoms with Crippen molar-refractivity contribution in [3.8, 4) is 5.75 Å². The Morgan fingerprint density at radius 1 is 1.30 bits per heavy atom. The lowest BCUT2D eigenvalue weighted by Gasteiger charge is -2.35. The third-order valence-corrected chi connectivity index (χ3v) is 5.25. The summed E-state index contributed by atoms with van der Waals surface area (Å²) in [4.78, 5) is 17.7. The van der Waals surface area contributed by atoms with E-state index >= 15 is 0 Å². The van der Waals surface area contributed by atoms with Crippen molar-refractivity contribution in [3.05, 3.63) is 59.4 Å². The Labute approximate surface area is 212 Å². The van der Waals surface area contributed by atoms with Crippen molar-refractivity contribution in [1.29, 1.82) is 0 Å². The molecule has 1 heterocycles. The number of carbonyl (C=O) groups is 1. The number of halogens is 2. The van der Waals surface area contributed by atoms with Crippen LogP contribution in [0, 0.1) is 12.7 Å². The quantitative estimate of drug-likeness (QED) is 0.258. The number of primary amides is 1. The number of rotatable bonds is 8. The highest BCUT2D eigenvalue weighted by molar-refractivity contribution is 14.0. The van der Waals surface area contributed by atoms with E-state index in [1.807, 2.05) is 38.1 Å². The molecule has 0 saturated carbocycles. The molecule has 1 fully saturated rings. The third-order valence-electron chi connectivity index (χ3n) is 5.25. The predicted molar refractivity (Wildman–Crippen MR) is 141 cm³/mol. The second-order valence-corrected chi connectivity index (χ2v) is 7.98. The maximum Gasteiger partial charge on any atom is 0.255 e. The van der Waals surface area contributed by atoms with Gasteiger partial charge in [0.2, 0.25) is 0 Å². The lowest BCUT2D eigenvalue weighted by molar-refractivity contribution is -0.119. The summed E-state index contributed by atoms with van der Waals surface area (Å²) in [6, 6.07) is 12.8. The molecule has 0 bridgehead atoms. The average Bonchev–Trinajstić information content (AvgIpc) is 2.78. The number of hydrogen-bond acceptors (Lipinski definition) is 4. The Hall–Kier alpha value is -2.56. The van der Waals surface area contributed by atoms with Gasteiger partial charge in [0, 0.05) is 25.7 Å². The fourth-order valence-corrected chi connectivity index (χ4v) is 3.75. The van der Waals surface area contributed by atoms with E-state index in [0.29, 0.717) is 30.5 Å². The second kappa shape index (κ2) is 13.2. The minimum atomic E-state index is -0.515. The highest BCUT2D eigenvalue weighted by Crippen LogP contribution is 2.24. The van der Waals surface area contributed by atoms with Crippen LogP contribution in [0.15, 0.2) is 47.5 Å². The van der Waals surface area contributed by atoms with Crippen LogP contribution >= 0.6 is 24.0 Å². The first-order chi connectivity index (χ1) is 15.4. The second-order valence-electron chi connectivity index (χ2n) is 7.98. The molecule has 0 radical (unpaired) electrons. The van der Waals surface area contributed by atoms with Crippen molar-refractivity contribution >= 4 is 41.5 Å². The first-order valence-electron chi connectivity index (χ1n) is 11.0. The zero-order valence-corrected chi connectivity index (χ0v) is 21.5. The van der Waals surface area contributed by atoms with Crippen LogP contribution in [-0.2, 0) is 11.3 Å². The highest BCUT2D eigenvalue weighted by atomic mass is 127. The van der Waals surface area contributed by atoms with Gasteiger partial charge >= 0.3 is 0 Å². The molecule has 1 aliphatic heterocycles. The summed E-state index contributed by atoms with van der Waals surface area (Å²) in [5.41, 5.74) is 7.80. The van der Waals surface area contributed by atoms with Gasteiger partial charge in [0.15, 0.2) is 12.6 Å². The number of anilines is 1. The number of nitrogens with two attached hydrogens (primary N) is 1. The maximum atomic E-state index is 14.4. The van der Waals surface area contributed by atoms with Gasteiger partial charge in [0.25, 0.3) is 5.91 Å². The SMILES string of the molecule is CCNC(=NCc1cccc(OCC(N)=O)c1)NC1CCCN(c2cc(C)ccc2F)C1.I. The molecule has 1 saturated heterocycles. The summed E-state index contributed by atoms with van der Waals surface area (Å²) in [5.74, 6) is 0.597. The van der Waals surface area contributed by atoms with Crippen LogP contribution in [0.25, 0.3) is 0 Å². The predicted octanol–water partition coefficient (Wildman–Crippen LogP) is 3.34. The van der Waals surface area contributed by atoms with Gasteiger partial charge in [0.05, 0.1) is 12.2 Å². The van der Waals surface area contributed by atoms with Gasteiger partial charge in [-0.05, 0) is 62.1 Å². The Morgan fingerprint density at radius 2 is 2.12 bits per heavy atom. The number of nitrogens with one attached hydrogen (secondary N) is 2. The van der Waals surface area contributed by atoms with Crippen LogP contribution in [0.3, 0.4) is 0 Å². The van der Waals surface area contributed by atoms with Crippen LogP contribution in [-0.4, -0.2) is 44.1 Å². The molecule has 2 aromatic rings. The maximum absolute atomic E-state index is 14.4. The van der Waals surface area contributed by atoms with Crippen molar-refractivity contribution in [2.45, 2.75) is 39.3 Å². The number of aliphatic imine (C=N–C) groups is 1. The van der Waals surface area contributed by atoms with E-state index in [-0.39, 0.29) is 42.4 Å². The van der Waals surface area contributed by atoms with Gasteiger partial charge in [-0.15, -0.1) is 24.0 Å². The lowest BCUT2D eigenvalue weighted by atomic mass is 10.0. The van der Waals surface area contributed by atoms with E-state index in [2.05, 4.69) is 15.5 Å². The first kappa shape index (κ1) is 26.7. The van der Waals surface area contributed by atoms with Crippen LogP contribution in [0.1, 0.15) is 30.9 Å². The number of benzene rings is 2. The Balaban J connectivity index is 0.00000385. The summed E-state index contributed by atoms with van der Waals surface area (Å²) in [5, 5.41) is 6.78. The van der Waals surface area contributed by atoms with Gasteiger partial charge < -0.3 is 26.0 Å². The molecule has 0 aliphatic carbocycles. The molecule has 3 rings (SSSR count). The normalized spacial score (nSPS) is 16.0. The molecule has 33 heavy (non-hydrogen) atoms. The molecule has 4 N–H and O–H groups in total.